The number of amides is 1. The first-order chi connectivity index (χ1) is 7.89. The van der Waals surface area contributed by atoms with Gasteiger partial charge in [-0.25, -0.2) is 4.98 Å². The van der Waals surface area contributed by atoms with Gasteiger partial charge in [-0.05, 0) is 12.1 Å². The van der Waals surface area contributed by atoms with Gasteiger partial charge in [0.25, 0.3) is 5.91 Å². The Bertz CT molecular complexity index is 491. The minimum absolute atomic E-state index is 0.0650. The van der Waals surface area contributed by atoms with Crippen molar-refractivity contribution in [1.29, 1.82) is 0 Å². The van der Waals surface area contributed by atoms with E-state index in [-0.39, 0.29) is 11.3 Å². The first-order valence-corrected chi connectivity index (χ1v) is 5.79. The van der Waals surface area contributed by atoms with E-state index < -0.39 is 0 Å². The number of anilines is 1. The second-order valence-corrected chi connectivity index (χ2v) is 5.35. The molecule has 1 aromatic rings. The van der Waals surface area contributed by atoms with Gasteiger partial charge in [0.1, 0.15) is 5.69 Å². The molecule has 0 bridgehead atoms. The largest absolute Gasteiger partial charge is 0.272 e. The van der Waals surface area contributed by atoms with Crippen LogP contribution in [-0.4, -0.2) is 16.6 Å². The van der Waals surface area contributed by atoms with Crippen LogP contribution in [0.3, 0.4) is 0 Å². The van der Waals surface area contributed by atoms with E-state index in [1.807, 2.05) is 20.8 Å². The van der Waals surface area contributed by atoms with Crippen molar-refractivity contribution in [2.45, 2.75) is 27.2 Å². The van der Waals surface area contributed by atoms with Gasteiger partial charge in [-0.2, -0.15) is 10.1 Å². The average molecular weight is 252 g/mol. The Balaban J connectivity index is 2.38. The van der Waals surface area contributed by atoms with Gasteiger partial charge in [-0.3, -0.25) is 4.79 Å². The summed E-state index contributed by atoms with van der Waals surface area (Å²) in [5.74, 6) is -0.0650. The summed E-state index contributed by atoms with van der Waals surface area (Å²) in [6.07, 6.45) is 1.93. The number of hydrogen-bond donors (Lipinski definition) is 0. The van der Waals surface area contributed by atoms with E-state index >= 15 is 0 Å². The van der Waals surface area contributed by atoms with E-state index in [0.717, 1.165) is 5.71 Å². The Morgan fingerprint density at radius 2 is 2.12 bits per heavy atom. The molecule has 1 aromatic heterocycles. The summed E-state index contributed by atoms with van der Waals surface area (Å²) in [6.45, 7) is 6.11. The third-order valence-electron chi connectivity index (χ3n) is 2.61. The predicted octanol–water partition coefficient (Wildman–Crippen LogP) is 2.87. The van der Waals surface area contributed by atoms with Crippen molar-refractivity contribution >= 4 is 28.9 Å². The van der Waals surface area contributed by atoms with Crippen LogP contribution >= 0.6 is 11.6 Å². The summed E-state index contributed by atoms with van der Waals surface area (Å²) >= 11 is 5.96. The third-order valence-corrected chi connectivity index (χ3v) is 2.90. The number of halogens is 1. The normalized spacial score (nSPS) is 16.4. The molecule has 0 aliphatic carbocycles. The summed E-state index contributed by atoms with van der Waals surface area (Å²) < 4.78 is 0. The fourth-order valence-electron chi connectivity index (χ4n) is 1.57. The molecule has 1 aliphatic rings. The van der Waals surface area contributed by atoms with Gasteiger partial charge in [0.2, 0.25) is 0 Å². The molecule has 0 atom stereocenters. The van der Waals surface area contributed by atoms with E-state index in [2.05, 4.69) is 10.1 Å². The fourth-order valence-corrected chi connectivity index (χ4v) is 1.77. The smallest absolute Gasteiger partial charge is 0.253 e. The van der Waals surface area contributed by atoms with E-state index in [1.165, 1.54) is 5.01 Å². The highest BCUT2D eigenvalue weighted by molar-refractivity contribution is 6.33. The van der Waals surface area contributed by atoms with Crippen LogP contribution in [0, 0.1) is 5.41 Å². The predicted molar refractivity (Wildman–Crippen MR) is 68.2 cm³/mol. The zero-order valence-corrected chi connectivity index (χ0v) is 10.8. The maximum absolute atomic E-state index is 11.9. The standard InChI is InChI=1S/C12H14ClN3O/c1-12(2,3)9-7-10(17)16(15-9)8-5-4-6-14-11(8)13/h4-6H,7H2,1-3H3. The lowest BCUT2D eigenvalue weighted by molar-refractivity contribution is -0.116. The molecule has 5 heteroatoms. The first-order valence-electron chi connectivity index (χ1n) is 5.41. The lowest BCUT2D eigenvalue weighted by Gasteiger charge is -2.16. The van der Waals surface area contributed by atoms with Crippen molar-refractivity contribution in [2.75, 3.05) is 5.01 Å². The Morgan fingerprint density at radius 3 is 2.65 bits per heavy atom. The molecular formula is C12H14ClN3O. The van der Waals surface area contributed by atoms with Gasteiger partial charge < -0.3 is 0 Å². The topological polar surface area (TPSA) is 45.6 Å². The molecule has 2 rings (SSSR count). The summed E-state index contributed by atoms with van der Waals surface area (Å²) in [4.78, 5) is 15.9. The van der Waals surface area contributed by atoms with E-state index in [0.29, 0.717) is 17.3 Å². The average Bonchev–Trinajstić information content (AvgIpc) is 2.61. The first kappa shape index (κ1) is 12.0. The van der Waals surface area contributed by atoms with Crippen LogP contribution in [0.2, 0.25) is 5.15 Å². The molecule has 0 aromatic carbocycles. The van der Waals surface area contributed by atoms with Gasteiger partial charge >= 0.3 is 0 Å². The van der Waals surface area contributed by atoms with E-state index in [1.54, 1.807) is 18.3 Å². The van der Waals surface area contributed by atoms with Crippen molar-refractivity contribution in [2.24, 2.45) is 10.5 Å². The lowest BCUT2D eigenvalue weighted by atomic mass is 9.88. The van der Waals surface area contributed by atoms with Gasteiger partial charge in [-0.15, -0.1) is 0 Å². The summed E-state index contributed by atoms with van der Waals surface area (Å²) in [6, 6.07) is 3.47. The number of pyridine rings is 1. The van der Waals surface area contributed by atoms with E-state index in [9.17, 15) is 4.79 Å². The van der Waals surface area contributed by atoms with Gasteiger partial charge in [0, 0.05) is 11.6 Å². The molecule has 17 heavy (non-hydrogen) atoms. The molecule has 0 radical (unpaired) electrons. The number of carbonyl (C=O) groups is 1. The lowest BCUT2D eigenvalue weighted by Crippen LogP contribution is -2.20. The number of hydrogen-bond acceptors (Lipinski definition) is 3. The van der Waals surface area contributed by atoms with Crippen molar-refractivity contribution in [3.8, 4) is 0 Å². The molecule has 0 saturated carbocycles. The molecule has 0 spiro atoms. The molecular weight excluding hydrogens is 238 g/mol. The van der Waals surface area contributed by atoms with Gasteiger partial charge in [0.15, 0.2) is 5.15 Å². The van der Waals surface area contributed by atoms with E-state index in [4.69, 9.17) is 11.6 Å². The number of hydrazone groups is 1. The summed E-state index contributed by atoms with van der Waals surface area (Å²) in [7, 11) is 0. The molecule has 2 heterocycles. The third kappa shape index (κ3) is 2.31. The van der Waals surface area contributed by atoms with Crippen LogP contribution in [0.25, 0.3) is 0 Å². The zero-order valence-electron chi connectivity index (χ0n) is 10.1. The Hall–Kier alpha value is -1.42. The Kier molecular flexibility index (Phi) is 2.91. The second kappa shape index (κ2) is 4.11. The summed E-state index contributed by atoms with van der Waals surface area (Å²) in [5.41, 5.74) is 1.29. The van der Waals surface area contributed by atoms with Crippen molar-refractivity contribution in [3.63, 3.8) is 0 Å². The van der Waals surface area contributed by atoms with Crippen molar-refractivity contribution < 1.29 is 4.79 Å². The maximum atomic E-state index is 11.9. The number of aromatic nitrogens is 1. The van der Waals surface area contributed by atoms with Crippen LogP contribution in [0.4, 0.5) is 5.69 Å². The van der Waals surface area contributed by atoms with Gasteiger partial charge in [-0.1, -0.05) is 32.4 Å². The fraction of sp³-hybridized carbons (Fsp3) is 0.417. The minimum atomic E-state index is -0.112. The van der Waals surface area contributed by atoms with Crippen LogP contribution in [0.15, 0.2) is 23.4 Å². The highest BCUT2D eigenvalue weighted by Crippen LogP contribution is 2.30. The number of carbonyl (C=O) groups excluding carboxylic acids is 1. The molecule has 0 fully saturated rings. The Labute approximate surface area is 105 Å². The zero-order chi connectivity index (χ0) is 12.6. The second-order valence-electron chi connectivity index (χ2n) is 4.99. The molecule has 1 amide bonds. The molecule has 4 nitrogen and oxygen atoms in total. The number of nitrogens with zero attached hydrogens (tertiary/aromatic N) is 3. The minimum Gasteiger partial charge on any atom is -0.272 e. The van der Waals surface area contributed by atoms with Gasteiger partial charge in [0.05, 0.1) is 12.1 Å². The van der Waals surface area contributed by atoms with Crippen LogP contribution in [-0.2, 0) is 4.79 Å². The molecule has 0 unspecified atom stereocenters. The quantitative estimate of drug-likeness (QED) is 0.721. The maximum Gasteiger partial charge on any atom is 0.253 e. The number of rotatable bonds is 1. The van der Waals surface area contributed by atoms with Crippen LogP contribution in [0.1, 0.15) is 27.2 Å². The monoisotopic (exact) mass is 251 g/mol. The van der Waals surface area contributed by atoms with Crippen LogP contribution < -0.4 is 5.01 Å². The highest BCUT2D eigenvalue weighted by Gasteiger charge is 2.32. The molecule has 1 aliphatic heterocycles. The Morgan fingerprint density at radius 1 is 1.41 bits per heavy atom. The highest BCUT2D eigenvalue weighted by atomic mass is 35.5. The molecule has 0 saturated heterocycles. The molecule has 0 N–H and O–H groups in total. The van der Waals surface area contributed by atoms with Crippen molar-refractivity contribution in [3.05, 3.63) is 23.5 Å². The van der Waals surface area contributed by atoms with Crippen LogP contribution in [0.5, 0.6) is 0 Å². The molecule has 90 valence electrons. The summed E-state index contributed by atoms with van der Waals surface area (Å²) in [5, 5.41) is 5.98. The van der Waals surface area contributed by atoms with Crippen molar-refractivity contribution in [1.82, 2.24) is 4.98 Å². The SMILES string of the molecule is CC(C)(C)C1=NN(c2cccnc2Cl)C(=O)C1.